The molecule has 4 heteroatoms. The van der Waals surface area contributed by atoms with Crippen molar-refractivity contribution in [3.05, 3.63) is 30.1 Å². The van der Waals surface area contributed by atoms with Gasteiger partial charge >= 0.3 is 0 Å². The van der Waals surface area contributed by atoms with Gasteiger partial charge in [0.15, 0.2) is 0 Å². The number of carbonyl (C=O) groups excluding carboxylic acids is 1. The lowest BCUT2D eigenvalue weighted by atomic mass is 10.0. The van der Waals surface area contributed by atoms with Crippen LogP contribution in [0.3, 0.4) is 0 Å². The van der Waals surface area contributed by atoms with E-state index in [0.29, 0.717) is 6.54 Å². The summed E-state index contributed by atoms with van der Waals surface area (Å²) in [4.78, 5) is 16.0. The molecule has 1 aliphatic rings. The summed E-state index contributed by atoms with van der Waals surface area (Å²) >= 11 is 1.88. The highest BCUT2D eigenvalue weighted by molar-refractivity contribution is 7.99. The summed E-state index contributed by atoms with van der Waals surface area (Å²) in [5.41, 5.74) is 0.916. The van der Waals surface area contributed by atoms with Gasteiger partial charge in [-0.2, -0.15) is 11.8 Å². The van der Waals surface area contributed by atoms with Crippen molar-refractivity contribution in [2.45, 2.75) is 19.4 Å². The average molecular weight is 236 g/mol. The van der Waals surface area contributed by atoms with Gasteiger partial charge in [0.2, 0.25) is 5.91 Å². The van der Waals surface area contributed by atoms with Gasteiger partial charge in [-0.25, -0.2) is 0 Å². The first-order valence-corrected chi connectivity index (χ1v) is 6.77. The molecule has 1 aromatic rings. The Morgan fingerprint density at radius 1 is 1.56 bits per heavy atom. The predicted octanol–water partition coefficient (Wildman–Crippen LogP) is 1.84. The Kier molecular flexibility index (Phi) is 4.22. The summed E-state index contributed by atoms with van der Waals surface area (Å²) in [7, 11) is 0. The summed E-state index contributed by atoms with van der Waals surface area (Å²) in [5, 5.41) is 2.95. The molecular formula is C12H16N2OS. The van der Waals surface area contributed by atoms with Crippen LogP contribution in [0.25, 0.3) is 0 Å². The fourth-order valence-corrected chi connectivity index (χ4v) is 2.91. The third-order valence-electron chi connectivity index (χ3n) is 2.70. The van der Waals surface area contributed by atoms with Crippen molar-refractivity contribution in [2.24, 2.45) is 5.92 Å². The van der Waals surface area contributed by atoms with Gasteiger partial charge < -0.3 is 5.32 Å². The van der Waals surface area contributed by atoms with Gasteiger partial charge in [0.25, 0.3) is 0 Å². The number of nitrogens with one attached hydrogen (secondary N) is 1. The number of nitrogens with zero attached hydrogens (tertiary/aromatic N) is 1. The van der Waals surface area contributed by atoms with E-state index >= 15 is 0 Å². The largest absolute Gasteiger partial charge is 0.350 e. The van der Waals surface area contributed by atoms with E-state index in [1.165, 1.54) is 5.75 Å². The molecule has 0 spiro atoms. The molecule has 1 atom stereocenters. The van der Waals surface area contributed by atoms with E-state index < -0.39 is 0 Å². The van der Waals surface area contributed by atoms with Crippen molar-refractivity contribution >= 4 is 17.7 Å². The highest BCUT2D eigenvalue weighted by atomic mass is 32.2. The van der Waals surface area contributed by atoms with Gasteiger partial charge in [0.05, 0.1) is 12.2 Å². The molecule has 0 saturated carbocycles. The molecule has 3 nitrogen and oxygen atoms in total. The van der Waals surface area contributed by atoms with E-state index in [-0.39, 0.29) is 11.8 Å². The SMILES string of the molecule is O=C(NCc1ccccn1)C1CCCSC1. The van der Waals surface area contributed by atoms with Gasteiger partial charge in [0, 0.05) is 17.9 Å². The van der Waals surface area contributed by atoms with E-state index in [1.807, 2.05) is 30.0 Å². The Labute approximate surface area is 100 Å². The van der Waals surface area contributed by atoms with Crippen molar-refractivity contribution in [1.82, 2.24) is 10.3 Å². The summed E-state index contributed by atoms with van der Waals surface area (Å²) in [6.45, 7) is 0.542. The maximum atomic E-state index is 11.8. The molecule has 2 heterocycles. The van der Waals surface area contributed by atoms with Crippen LogP contribution in [0.15, 0.2) is 24.4 Å². The maximum absolute atomic E-state index is 11.8. The van der Waals surface area contributed by atoms with Crippen molar-refractivity contribution in [2.75, 3.05) is 11.5 Å². The number of aromatic nitrogens is 1. The topological polar surface area (TPSA) is 42.0 Å². The maximum Gasteiger partial charge on any atom is 0.224 e. The fraction of sp³-hybridized carbons (Fsp3) is 0.500. The van der Waals surface area contributed by atoms with Gasteiger partial charge in [-0.15, -0.1) is 0 Å². The molecule has 1 unspecified atom stereocenters. The zero-order valence-corrected chi connectivity index (χ0v) is 10.0. The molecule has 0 aromatic carbocycles. The number of rotatable bonds is 3. The molecule has 1 aliphatic heterocycles. The highest BCUT2D eigenvalue weighted by Crippen LogP contribution is 2.22. The lowest BCUT2D eigenvalue weighted by molar-refractivity contribution is -0.124. The third-order valence-corrected chi connectivity index (χ3v) is 3.92. The molecule has 1 aromatic heterocycles. The molecule has 1 fully saturated rings. The van der Waals surface area contributed by atoms with Gasteiger partial charge in [-0.1, -0.05) is 6.07 Å². The number of carbonyl (C=O) groups is 1. The van der Waals surface area contributed by atoms with Crippen molar-refractivity contribution < 1.29 is 4.79 Å². The molecule has 2 rings (SSSR count). The Morgan fingerprint density at radius 3 is 3.19 bits per heavy atom. The van der Waals surface area contributed by atoms with Gasteiger partial charge in [-0.3, -0.25) is 9.78 Å². The molecular weight excluding hydrogens is 220 g/mol. The van der Waals surface area contributed by atoms with Crippen molar-refractivity contribution in [3.63, 3.8) is 0 Å². The highest BCUT2D eigenvalue weighted by Gasteiger charge is 2.20. The Balaban J connectivity index is 1.79. The summed E-state index contributed by atoms with van der Waals surface area (Å²) in [6.07, 6.45) is 3.94. The molecule has 0 radical (unpaired) electrons. The van der Waals surface area contributed by atoms with Crippen molar-refractivity contribution in [1.29, 1.82) is 0 Å². The van der Waals surface area contributed by atoms with Gasteiger partial charge in [0.1, 0.15) is 0 Å². The van der Waals surface area contributed by atoms with Crippen LogP contribution in [0, 0.1) is 5.92 Å². The second-order valence-electron chi connectivity index (χ2n) is 3.95. The van der Waals surface area contributed by atoms with E-state index in [4.69, 9.17) is 0 Å². The summed E-state index contributed by atoms with van der Waals surface area (Å²) < 4.78 is 0. The Morgan fingerprint density at radius 2 is 2.50 bits per heavy atom. The van der Waals surface area contributed by atoms with E-state index in [9.17, 15) is 4.79 Å². The quantitative estimate of drug-likeness (QED) is 0.870. The minimum absolute atomic E-state index is 0.179. The number of hydrogen-bond donors (Lipinski definition) is 1. The first kappa shape index (κ1) is 11.5. The zero-order valence-electron chi connectivity index (χ0n) is 9.19. The zero-order chi connectivity index (χ0) is 11.2. The molecule has 1 N–H and O–H groups in total. The molecule has 1 saturated heterocycles. The molecule has 0 bridgehead atoms. The third kappa shape index (κ3) is 3.23. The Bertz CT molecular complexity index is 336. The van der Waals surface area contributed by atoms with E-state index in [2.05, 4.69) is 10.3 Å². The van der Waals surface area contributed by atoms with Crippen molar-refractivity contribution in [3.8, 4) is 0 Å². The predicted molar refractivity (Wildman–Crippen MR) is 66.1 cm³/mol. The smallest absolute Gasteiger partial charge is 0.224 e. The van der Waals surface area contributed by atoms with Crippen LogP contribution in [0.4, 0.5) is 0 Å². The first-order chi connectivity index (χ1) is 7.86. The molecule has 1 amide bonds. The lowest BCUT2D eigenvalue weighted by Gasteiger charge is -2.20. The second kappa shape index (κ2) is 5.89. The summed E-state index contributed by atoms with van der Waals surface area (Å²) in [5.74, 6) is 2.54. The van der Waals surface area contributed by atoms with Crippen LogP contribution in [-0.4, -0.2) is 22.4 Å². The first-order valence-electron chi connectivity index (χ1n) is 5.61. The minimum Gasteiger partial charge on any atom is -0.350 e. The van der Waals surface area contributed by atoms with Crippen LogP contribution in [-0.2, 0) is 11.3 Å². The monoisotopic (exact) mass is 236 g/mol. The van der Waals surface area contributed by atoms with E-state index in [1.54, 1.807) is 6.20 Å². The minimum atomic E-state index is 0.179. The van der Waals surface area contributed by atoms with Crippen LogP contribution < -0.4 is 5.32 Å². The second-order valence-corrected chi connectivity index (χ2v) is 5.10. The average Bonchev–Trinajstić information content (AvgIpc) is 2.38. The number of thioether (sulfide) groups is 1. The number of pyridine rings is 1. The molecule has 0 aliphatic carbocycles. The van der Waals surface area contributed by atoms with Crippen LogP contribution >= 0.6 is 11.8 Å². The number of hydrogen-bond acceptors (Lipinski definition) is 3. The summed E-state index contributed by atoms with van der Waals surface area (Å²) in [6, 6.07) is 5.74. The van der Waals surface area contributed by atoms with Gasteiger partial charge in [-0.05, 0) is 30.7 Å². The Hall–Kier alpha value is -1.03. The number of amides is 1. The fourth-order valence-electron chi connectivity index (χ4n) is 1.77. The molecule has 16 heavy (non-hydrogen) atoms. The standard InChI is InChI=1S/C12H16N2OS/c15-12(10-4-3-7-16-9-10)14-8-11-5-1-2-6-13-11/h1-2,5-6,10H,3-4,7-9H2,(H,14,15). The van der Waals surface area contributed by atoms with Crippen LogP contribution in [0.2, 0.25) is 0 Å². The van der Waals surface area contributed by atoms with Crippen LogP contribution in [0.5, 0.6) is 0 Å². The lowest BCUT2D eigenvalue weighted by Crippen LogP contribution is -2.33. The van der Waals surface area contributed by atoms with E-state index in [0.717, 1.165) is 24.3 Å². The normalized spacial score (nSPS) is 20.4. The van der Waals surface area contributed by atoms with Crippen LogP contribution in [0.1, 0.15) is 18.5 Å². The molecule has 86 valence electrons.